The number of esters is 1. The van der Waals surface area contributed by atoms with Crippen LogP contribution in [0.4, 0.5) is 0 Å². The Morgan fingerprint density at radius 1 is 1.07 bits per heavy atom. The standard InChI is InChI=1S/C21H21N3O4/c25-20(19-7-4-14-27-19)23-11-8-16(9-12-23)21(26)28-15-17-10-13-24(22-17)18-5-2-1-3-6-18/h1-7,10,13-14,16H,8-9,11-12,15H2. The number of nitrogens with zero attached hydrogens (tertiary/aromatic N) is 3. The number of aromatic nitrogens is 2. The Hall–Kier alpha value is -3.35. The zero-order chi connectivity index (χ0) is 19.3. The summed E-state index contributed by atoms with van der Waals surface area (Å²) in [5, 5.41) is 4.44. The van der Waals surface area contributed by atoms with Gasteiger partial charge in [0, 0.05) is 19.3 Å². The highest BCUT2D eigenvalue weighted by Crippen LogP contribution is 2.21. The number of carbonyl (C=O) groups is 2. The maximum Gasteiger partial charge on any atom is 0.309 e. The van der Waals surface area contributed by atoms with Gasteiger partial charge in [0.25, 0.3) is 5.91 Å². The van der Waals surface area contributed by atoms with Gasteiger partial charge in [-0.05, 0) is 43.2 Å². The van der Waals surface area contributed by atoms with Crippen molar-refractivity contribution in [3.05, 3.63) is 72.4 Å². The maximum absolute atomic E-state index is 12.4. The van der Waals surface area contributed by atoms with E-state index >= 15 is 0 Å². The molecular formula is C21H21N3O4. The lowest BCUT2D eigenvalue weighted by atomic mass is 9.97. The first-order chi connectivity index (χ1) is 13.7. The van der Waals surface area contributed by atoms with Crippen LogP contribution in [0.15, 0.2) is 65.4 Å². The van der Waals surface area contributed by atoms with E-state index in [4.69, 9.17) is 9.15 Å². The van der Waals surface area contributed by atoms with E-state index in [0.29, 0.717) is 37.4 Å². The van der Waals surface area contributed by atoms with Crippen molar-refractivity contribution < 1.29 is 18.7 Å². The Labute approximate surface area is 162 Å². The lowest BCUT2D eigenvalue weighted by Crippen LogP contribution is -2.40. The molecule has 0 N–H and O–H groups in total. The molecule has 0 spiro atoms. The van der Waals surface area contributed by atoms with Gasteiger partial charge in [-0.15, -0.1) is 0 Å². The first-order valence-corrected chi connectivity index (χ1v) is 9.30. The fourth-order valence-corrected chi connectivity index (χ4v) is 3.30. The molecule has 1 fully saturated rings. The predicted molar refractivity (Wildman–Crippen MR) is 101 cm³/mol. The molecule has 0 aliphatic carbocycles. The Morgan fingerprint density at radius 3 is 2.57 bits per heavy atom. The molecule has 1 aliphatic heterocycles. The van der Waals surface area contributed by atoms with E-state index in [-0.39, 0.29) is 24.4 Å². The molecule has 28 heavy (non-hydrogen) atoms. The lowest BCUT2D eigenvalue weighted by molar-refractivity contribution is -0.151. The fraction of sp³-hybridized carbons (Fsp3) is 0.286. The molecule has 2 aromatic heterocycles. The number of benzene rings is 1. The van der Waals surface area contributed by atoms with Crippen LogP contribution < -0.4 is 0 Å². The van der Waals surface area contributed by atoms with Gasteiger partial charge in [-0.1, -0.05) is 18.2 Å². The van der Waals surface area contributed by atoms with Crippen LogP contribution in [-0.2, 0) is 16.1 Å². The number of hydrogen-bond acceptors (Lipinski definition) is 5. The van der Waals surface area contributed by atoms with Crippen molar-refractivity contribution in [3.8, 4) is 5.69 Å². The summed E-state index contributed by atoms with van der Waals surface area (Å²) in [6, 6.07) is 14.9. The van der Waals surface area contributed by atoms with Gasteiger partial charge >= 0.3 is 5.97 Å². The third-order valence-electron chi connectivity index (χ3n) is 4.87. The summed E-state index contributed by atoms with van der Waals surface area (Å²) in [6.45, 7) is 1.17. The third-order valence-corrected chi connectivity index (χ3v) is 4.87. The predicted octanol–water partition coefficient (Wildman–Crippen LogP) is 3.06. The first-order valence-electron chi connectivity index (χ1n) is 9.30. The molecule has 0 bridgehead atoms. The normalized spacial score (nSPS) is 14.8. The molecule has 7 heteroatoms. The highest BCUT2D eigenvalue weighted by atomic mass is 16.5. The van der Waals surface area contributed by atoms with Crippen molar-refractivity contribution in [3.63, 3.8) is 0 Å². The molecular weight excluding hydrogens is 358 g/mol. The maximum atomic E-state index is 12.4. The molecule has 1 amide bonds. The van der Waals surface area contributed by atoms with Crippen LogP contribution in [0.25, 0.3) is 5.69 Å². The number of rotatable bonds is 5. The number of piperidine rings is 1. The van der Waals surface area contributed by atoms with Gasteiger partial charge in [-0.3, -0.25) is 9.59 Å². The monoisotopic (exact) mass is 379 g/mol. The van der Waals surface area contributed by atoms with Crippen LogP contribution in [0.5, 0.6) is 0 Å². The molecule has 1 saturated heterocycles. The summed E-state index contributed by atoms with van der Waals surface area (Å²) in [7, 11) is 0. The number of furan rings is 1. The smallest absolute Gasteiger partial charge is 0.309 e. The molecule has 0 saturated carbocycles. The Bertz CT molecular complexity index is 926. The van der Waals surface area contributed by atoms with Crippen LogP contribution in [0, 0.1) is 5.92 Å². The summed E-state index contributed by atoms with van der Waals surface area (Å²) < 4.78 is 12.4. The Balaban J connectivity index is 1.26. The van der Waals surface area contributed by atoms with Crippen molar-refractivity contribution in [2.45, 2.75) is 19.4 Å². The largest absolute Gasteiger partial charge is 0.459 e. The average molecular weight is 379 g/mol. The molecule has 0 radical (unpaired) electrons. The van der Waals surface area contributed by atoms with Gasteiger partial charge in [0.15, 0.2) is 5.76 Å². The van der Waals surface area contributed by atoms with E-state index in [1.807, 2.05) is 42.6 Å². The average Bonchev–Trinajstić information content (AvgIpc) is 3.44. The van der Waals surface area contributed by atoms with E-state index in [1.165, 1.54) is 6.26 Å². The quantitative estimate of drug-likeness (QED) is 0.637. The summed E-state index contributed by atoms with van der Waals surface area (Å²) in [4.78, 5) is 26.4. The van der Waals surface area contributed by atoms with E-state index in [1.54, 1.807) is 21.7 Å². The Kier molecular flexibility index (Phi) is 5.23. The minimum Gasteiger partial charge on any atom is -0.459 e. The van der Waals surface area contributed by atoms with E-state index < -0.39 is 0 Å². The highest BCUT2D eigenvalue weighted by Gasteiger charge is 2.29. The zero-order valence-corrected chi connectivity index (χ0v) is 15.4. The molecule has 7 nitrogen and oxygen atoms in total. The summed E-state index contributed by atoms with van der Waals surface area (Å²) in [6.07, 6.45) is 4.50. The second-order valence-electron chi connectivity index (χ2n) is 6.74. The number of likely N-dealkylation sites (tertiary alicyclic amines) is 1. The van der Waals surface area contributed by atoms with Crippen molar-refractivity contribution in [2.75, 3.05) is 13.1 Å². The van der Waals surface area contributed by atoms with Crippen LogP contribution in [-0.4, -0.2) is 39.6 Å². The zero-order valence-electron chi connectivity index (χ0n) is 15.4. The van der Waals surface area contributed by atoms with Crippen molar-refractivity contribution in [2.24, 2.45) is 5.92 Å². The van der Waals surface area contributed by atoms with Gasteiger partial charge < -0.3 is 14.1 Å². The van der Waals surface area contributed by atoms with E-state index in [9.17, 15) is 9.59 Å². The second-order valence-corrected chi connectivity index (χ2v) is 6.74. The van der Waals surface area contributed by atoms with E-state index in [2.05, 4.69) is 5.10 Å². The lowest BCUT2D eigenvalue weighted by Gasteiger charge is -2.30. The van der Waals surface area contributed by atoms with Gasteiger partial charge in [0.05, 0.1) is 17.9 Å². The van der Waals surface area contributed by atoms with Crippen molar-refractivity contribution >= 4 is 11.9 Å². The topological polar surface area (TPSA) is 77.6 Å². The summed E-state index contributed by atoms with van der Waals surface area (Å²) >= 11 is 0. The minimum atomic E-state index is -0.237. The molecule has 144 valence electrons. The van der Waals surface area contributed by atoms with Crippen molar-refractivity contribution in [1.82, 2.24) is 14.7 Å². The first kappa shape index (κ1) is 18.0. The molecule has 0 atom stereocenters. The summed E-state index contributed by atoms with van der Waals surface area (Å²) in [5.41, 5.74) is 1.65. The Morgan fingerprint density at radius 2 is 1.86 bits per heavy atom. The molecule has 4 rings (SSSR count). The number of amides is 1. The second kappa shape index (κ2) is 8.12. The number of hydrogen-bond donors (Lipinski definition) is 0. The van der Waals surface area contributed by atoms with Gasteiger partial charge in [-0.2, -0.15) is 5.10 Å². The SMILES string of the molecule is O=C(OCc1ccn(-c2ccccc2)n1)C1CCN(C(=O)c2ccco2)CC1. The van der Waals surface area contributed by atoms with Crippen LogP contribution in [0.3, 0.4) is 0 Å². The molecule has 0 unspecified atom stereocenters. The van der Waals surface area contributed by atoms with Gasteiger partial charge in [0.2, 0.25) is 0 Å². The third kappa shape index (κ3) is 3.98. The van der Waals surface area contributed by atoms with Crippen LogP contribution >= 0.6 is 0 Å². The molecule has 1 aliphatic rings. The van der Waals surface area contributed by atoms with Gasteiger partial charge in [0.1, 0.15) is 12.3 Å². The molecule has 3 aromatic rings. The van der Waals surface area contributed by atoms with E-state index in [0.717, 1.165) is 5.69 Å². The molecule has 3 heterocycles. The molecule has 1 aromatic carbocycles. The number of para-hydroxylation sites is 1. The van der Waals surface area contributed by atoms with Gasteiger partial charge in [-0.25, -0.2) is 4.68 Å². The fourth-order valence-electron chi connectivity index (χ4n) is 3.30. The summed E-state index contributed by atoms with van der Waals surface area (Å²) in [5.74, 6) is -0.241. The number of ether oxygens (including phenoxy) is 1. The highest BCUT2D eigenvalue weighted by molar-refractivity contribution is 5.91. The van der Waals surface area contributed by atoms with Crippen LogP contribution in [0.1, 0.15) is 29.1 Å². The minimum absolute atomic E-state index is 0.136. The van der Waals surface area contributed by atoms with Crippen LogP contribution in [0.2, 0.25) is 0 Å². The number of carbonyl (C=O) groups excluding carboxylic acids is 2. The van der Waals surface area contributed by atoms with Crippen molar-refractivity contribution in [1.29, 1.82) is 0 Å².